The van der Waals surface area contributed by atoms with E-state index in [1.807, 2.05) is 13.0 Å². The van der Waals surface area contributed by atoms with E-state index in [0.29, 0.717) is 6.04 Å². The molecule has 198 valence electrons. The number of aromatic nitrogens is 2. The van der Waals surface area contributed by atoms with Crippen LogP contribution in [0.3, 0.4) is 0 Å². The summed E-state index contributed by atoms with van der Waals surface area (Å²) in [5.74, 6) is 2.30. The number of fused-ring (bicyclic) bond motifs is 2. The van der Waals surface area contributed by atoms with E-state index in [1.54, 1.807) is 0 Å². The molecule has 36 heavy (non-hydrogen) atoms. The van der Waals surface area contributed by atoms with Gasteiger partial charge < -0.3 is 14.6 Å². The number of hydrogen-bond donors (Lipinski definition) is 1. The lowest BCUT2D eigenvalue weighted by Crippen LogP contribution is -2.45. The molecule has 1 N–H and O–H groups in total. The molecule has 0 spiro atoms. The summed E-state index contributed by atoms with van der Waals surface area (Å²) in [4.78, 5) is 21.5. The first-order chi connectivity index (χ1) is 17.6. The number of nitrogens with zero attached hydrogens (tertiary/aromatic N) is 4. The SMILES string of the molecule is C=Cc1c(/C=C\C)nc(C[C@@H]2CCCN2CC(=O)O)n1C1CCN(C2C[C@H]3CCCC[C@@H](C2)C3)CC1. The van der Waals surface area contributed by atoms with Gasteiger partial charge in [-0.2, -0.15) is 0 Å². The minimum Gasteiger partial charge on any atom is -0.480 e. The van der Waals surface area contributed by atoms with Crippen molar-refractivity contribution in [2.45, 2.75) is 102 Å². The van der Waals surface area contributed by atoms with E-state index >= 15 is 0 Å². The van der Waals surface area contributed by atoms with Gasteiger partial charge in [0.05, 0.1) is 17.9 Å². The fourth-order valence-electron chi connectivity index (χ4n) is 7.94. The lowest BCUT2D eigenvalue weighted by atomic mass is 9.77. The van der Waals surface area contributed by atoms with E-state index in [4.69, 9.17) is 4.98 Å². The Balaban J connectivity index is 1.31. The number of imidazole rings is 1. The van der Waals surface area contributed by atoms with E-state index in [1.165, 1.54) is 58.0 Å². The zero-order valence-corrected chi connectivity index (χ0v) is 22.3. The molecule has 4 fully saturated rings. The van der Waals surface area contributed by atoms with Crippen LogP contribution in [0.2, 0.25) is 0 Å². The quantitative estimate of drug-likeness (QED) is 0.506. The van der Waals surface area contributed by atoms with Crippen LogP contribution in [0.25, 0.3) is 12.2 Å². The third-order valence-corrected chi connectivity index (χ3v) is 9.56. The Hall–Kier alpha value is -1.92. The number of carboxylic acids is 1. The molecule has 0 radical (unpaired) electrons. The first-order valence-electron chi connectivity index (χ1n) is 14.6. The Morgan fingerprint density at radius 1 is 1.00 bits per heavy atom. The van der Waals surface area contributed by atoms with Crippen LogP contribution in [0.15, 0.2) is 12.7 Å². The highest BCUT2D eigenvalue weighted by Crippen LogP contribution is 2.41. The molecule has 1 unspecified atom stereocenters. The van der Waals surface area contributed by atoms with Gasteiger partial charge in [0, 0.05) is 37.6 Å². The molecule has 2 saturated carbocycles. The predicted octanol–water partition coefficient (Wildman–Crippen LogP) is 5.65. The van der Waals surface area contributed by atoms with Gasteiger partial charge in [0.2, 0.25) is 0 Å². The largest absolute Gasteiger partial charge is 0.480 e. The van der Waals surface area contributed by atoms with Crippen molar-refractivity contribution in [1.82, 2.24) is 19.4 Å². The van der Waals surface area contributed by atoms with Crippen molar-refractivity contribution in [3.63, 3.8) is 0 Å². The molecule has 2 aliphatic carbocycles. The maximum Gasteiger partial charge on any atom is 0.317 e. The Morgan fingerprint density at radius 2 is 1.72 bits per heavy atom. The molecular formula is C30H46N4O2. The second-order valence-electron chi connectivity index (χ2n) is 11.9. The van der Waals surface area contributed by atoms with Gasteiger partial charge in [-0.1, -0.05) is 38.3 Å². The molecule has 0 aromatic carbocycles. The predicted molar refractivity (Wildman–Crippen MR) is 146 cm³/mol. The number of hydrogen-bond acceptors (Lipinski definition) is 4. The van der Waals surface area contributed by atoms with Crippen molar-refractivity contribution >= 4 is 18.1 Å². The summed E-state index contributed by atoms with van der Waals surface area (Å²) in [5.41, 5.74) is 2.14. The molecule has 4 atom stereocenters. The monoisotopic (exact) mass is 494 g/mol. The van der Waals surface area contributed by atoms with Gasteiger partial charge in [-0.15, -0.1) is 0 Å². The van der Waals surface area contributed by atoms with Crippen LogP contribution in [-0.4, -0.2) is 68.7 Å². The third-order valence-electron chi connectivity index (χ3n) is 9.56. The van der Waals surface area contributed by atoms with Gasteiger partial charge in [-0.3, -0.25) is 9.69 Å². The molecule has 6 heteroatoms. The Morgan fingerprint density at radius 3 is 2.36 bits per heavy atom. The fraction of sp³-hybridized carbons (Fsp3) is 0.733. The van der Waals surface area contributed by atoms with E-state index in [0.717, 1.165) is 73.7 Å². The zero-order valence-electron chi connectivity index (χ0n) is 22.3. The number of allylic oxidation sites excluding steroid dienone is 1. The fourth-order valence-corrected chi connectivity index (χ4v) is 7.94. The van der Waals surface area contributed by atoms with Crippen LogP contribution >= 0.6 is 0 Å². The highest BCUT2D eigenvalue weighted by molar-refractivity contribution is 5.69. The third kappa shape index (κ3) is 5.65. The van der Waals surface area contributed by atoms with E-state index in [2.05, 4.69) is 33.1 Å². The molecule has 5 rings (SSSR count). The molecule has 1 aromatic rings. The summed E-state index contributed by atoms with van der Waals surface area (Å²) < 4.78 is 2.48. The van der Waals surface area contributed by atoms with Crippen LogP contribution in [0.5, 0.6) is 0 Å². The molecule has 6 nitrogen and oxygen atoms in total. The summed E-state index contributed by atoms with van der Waals surface area (Å²) in [6, 6.07) is 1.48. The summed E-state index contributed by atoms with van der Waals surface area (Å²) >= 11 is 0. The topological polar surface area (TPSA) is 61.6 Å². The summed E-state index contributed by atoms with van der Waals surface area (Å²) in [5, 5.41) is 9.38. The maximum atomic E-state index is 11.4. The molecule has 3 heterocycles. The highest BCUT2D eigenvalue weighted by atomic mass is 16.4. The van der Waals surface area contributed by atoms with Crippen LogP contribution in [0, 0.1) is 11.8 Å². The van der Waals surface area contributed by atoms with Crippen molar-refractivity contribution < 1.29 is 9.90 Å². The van der Waals surface area contributed by atoms with Gasteiger partial charge in [-0.25, -0.2) is 4.98 Å². The molecular weight excluding hydrogens is 448 g/mol. The summed E-state index contributed by atoms with van der Waals surface area (Å²) in [7, 11) is 0. The van der Waals surface area contributed by atoms with Gasteiger partial charge >= 0.3 is 5.97 Å². The minimum atomic E-state index is -0.735. The average molecular weight is 495 g/mol. The number of carbonyl (C=O) groups is 1. The first-order valence-corrected chi connectivity index (χ1v) is 14.6. The number of rotatable bonds is 8. The van der Waals surface area contributed by atoms with E-state index in [9.17, 15) is 9.90 Å². The van der Waals surface area contributed by atoms with Crippen molar-refractivity contribution in [3.8, 4) is 0 Å². The first kappa shape index (κ1) is 25.7. The van der Waals surface area contributed by atoms with Crippen molar-refractivity contribution in [1.29, 1.82) is 0 Å². The second-order valence-corrected chi connectivity index (χ2v) is 11.9. The standard InChI is InChI=1S/C30H46N4O2/c1-3-8-27-28(4-2)34(29(31-27)20-25-11-7-14-33(25)21-30(35)36)24-12-15-32(16-13-24)26-18-22-9-5-6-10-23(17-22)19-26/h3-4,8,22-26H,2,5-7,9-21H2,1H3,(H,35,36)/b8-3-/t22-,23+,25-,26?/m0/s1. The summed E-state index contributed by atoms with van der Waals surface area (Å²) in [6.45, 7) is 9.56. The number of likely N-dealkylation sites (tertiary alicyclic amines) is 2. The van der Waals surface area contributed by atoms with E-state index < -0.39 is 5.97 Å². The van der Waals surface area contributed by atoms with Crippen molar-refractivity contribution in [2.75, 3.05) is 26.2 Å². The van der Waals surface area contributed by atoms with Crippen LogP contribution in [0.1, 0.15) is 101 Å². The number of piperidine rings is 1. The maximum absolute atomic E-state index is 11.4. The van der Waals surface area contributed by atoms with Crippen molar-refractivity contribution in [3.05, 3.63) is 29.9 Å². The normalized spacial score (nSPS) is 30.6. The molecule has 4 aliphatic rings. The van der Waals surface area contributed by atoms with Gasteiger partial charge in [0.1, 0.15) is 5.82 Å². The molecule has 2 saturated heterocycles. The molecule has 1 aromatic heterocycles. The smallest absolute Gasteiger partial charge is 0.317 e. The Labute approximate surface area is 217 Å². The number of aliphatic carboxylic acids is 1. The van der Waals surface area contributed by atoms with Gasteiger partial charge in [0.25, 0.3) is 0 Å². The van der Waals surface area contributed by atoms with Gasteiger partial charge in [-0.05, 0) is 82.4 Å². The van der Waals surface area contributed by atoms with E-state index in [-0.39, 0.29) is 12.6 Å². The number of carboxylic acid groups (broad SMARTS) is 1. The van der Waals surface area contributed by atoms with Crippen LogP contribution < -0.4 is 0 Å². The summed E-state index contributed by atoms with van der Waals surface area (Å²) in [6.07, 6.45) is 21.5. The van der Waals surface area contributed by atoms with Crippen LogP contribution in [-0.2, 0) is 11.2 Å². The minimum absolute atomic E-state index is 0.128. The Kier molecular flexibility index (Phi) is 8.32. The van der Waals surface area contributed by atoms with Crippen LogP contribution in [0.4, 0.5) is 0 Å². The molecule has 0 amide bonds. The Bertz CT molecular complexity index is 931. The highest BCUT2D eigenvalue weighted by Gasteiger charge is 2.36. The zero-order chi connectivity index (χ0) is 25.1. The van der Waals surface area contributed by atoms with Gasteiger partial charge in [0.15, 0.2) is 0 Å². The lowest BCUT2D eigenvalue weighted by molar-refractivity contribution is -0.138. The van der Waals surface area contributed by atoms with Crippen molar-refractivity contribution in [2.24, 2.45) is 11.8 Å². The molecule has 2 aliphatic heterocycles. The second kappa shape index (κ2) is 11.6. The molecule has 2 bridgehead atoms. The average Bonchev–Trinajstić information content (AvgIpc) is 3.40. The lowest BCUT2D eigenvalue weighted by Gasteiger charge is -2.43.